The lowest BCUT2D eigenvalue weighted by atomic mass is 10.0. The molecule has 0 saturated heterocycles. The van der Waals surface area contributed by atoms with Crippen molar-refractivity contribution in [2.45, 2.75) is 31.6 Å². The summed E-state index contributed by atoms with van der Waals surface area (Å²) in [6, 6.07) is 12.1. The highest BCUT2D eigenvalue weighted by atomic mass is 32.2. The molecule has 0 spiro atoms. The van der Waals surface area contributed by atoms with E-state index in [1.165, 1.54) is 19.2 Å². The highest BCUT2D eigenvalue weighted by molar-refractivity contribution is 7.89. The number of nitrogens with one attached hydrogen (secondary N) is 2. The lowest BCUT2D eigenvalue weighted by Crippen LogP contribution is -2.20. The molecule has 2 aromatic rings. The maximum atomic E-state index is 12.6. The predicted molar refractivity (Wildman–Crippen MR) is 95.9 cm³/mol. The van der Waals surface area contributed by atoms with Crippen molar-refractivity contribution in [1.29, 1.82) is 0 Å². The molecule has 1 amide bonds. The van der Waals surface area contributed by atoms with Crippen LogP contribution in [0.2, 0.25) is 0 Å². The van der Waals surface area contributed by atoms with E-state index in [-0.39, 0.29) is 10.8 Å². The largest absolute Gasteiger partial charge is 0.322 e. The highest BCUT2D eigenvalue weighted by Gasteiger charge is 2.16. The lowest BCUT2D eigenvalue weighted by Gasteiger charge is -2.12. The van der Waals surface area contributed by atoms with Crippen molar-refractivity contribution in [2.75, 3.05) is 12.4 Å². The van der Waals surface area contributed by atoms with E-state index in [2.05, 4.69) is 23.9 Å². The number of anilines is 1. The quantitative estimate of drug-likeness (QED) is 0.872. The number of hydrogen-bond acceptors (Lipinski definition) is 3. The normalized spacial score (nSPS) is 11.5. The van der Waals surface area contributed by atoms with Crippen LogP contribution in [0.5, 0.6) is 0 Å². The first-order valence-corrected chi connectivity index (χ1v) is 9.18. The van der Waals surface area contributed by atoms with Gasteiger partial charge in [-0.25, -0.2) is 13.1 Å². The van der Waals surface area contributed by atoms with Crippen LogP contribution in [0.1, 0.15) is 41.3 Å². The first-order valence-electron chi connectivity index (χ1n) is 7.70. The number of aryl methyl sites for hydroxylation is 1. The Morgan fingerprint density at radius 1 is 1.08 bits per heavy atom. The fourth-order valence-corrected chi connectivity index (χ4v) is 3.06. The van der Waals surface area contributed by atoms with Crippen LogP contribution in [0.3, 0.4) is 0 Å². The SMILES string of the molecule is CNS(=O)(=O)c1ccc(C)c(C(=O)Nc2cccc(C(C)C)c2)c1. The van der Waals surface area contributed by atoms with Crippen LogP contribution in [0, 0.1) is 6.92 Å². The number of benzene rings is 2. The minimum absolute atomic E-state index is 0.0664. The second-order valence-electron chi connectivity index (χ2n) is 5.92. The zero-order chi connectivity index (χ0) is 17.9. The molecule has 0 aliphatic heterocycles. The van der Waals surface area contributed by atoms with Gasteiger partial charge in [-0.1, -0.05) is 32.0 Å². The zero-order valence-electron chi connectivity index (χ0n) is 14.3. The fraction of sp³-hybridized carbons (Fsp3) is 0.278. The van der Waals surface area contributed by atoms with Crippen LogP contribution in [-0.2, 0) is 10.0 Å². The molecule has 0 aromatic heterocycles. The second kappa shape index (κ2) is 7.15. The van der Waals surface area contributed by atoms with Crippen molar-refractivity contribution in [2.24, 2.45) is 0 Å². The average Bonchev–Trinajstić information content (AvgIpc) is 2.55. The number of amides is 1. The summed E-state index contributed by atoms with van der Waals surface area (Å²) >= 11 is 0. The Morgan fingerprint density at radius 3 is 2.42 bits per heavy atom. The Labute approximate surface area is 143 Å². The molecule has 0 aliphatic carbocycles. The molecule has 2 rings (SSSR count). The van der Waals surface area contributed by atoms with E-state index in [1.807, 2.05) is 24.3 Å². The van der Waals surface area contributed by atoms with Crippen molar-refractivity contribution in [3.8, 4) is 0 Å². The molecule has 0 unspecified atom stereocenters. The Hall–Kier alpha value is -2.18. The molecule has 6 heteroatoms. The van der Waals surface area contributed by atoms with Crippen LogP contribution in [0.15, 0.2) is 47.4 Å². The molecule has 0 fully saturated rings. The summed E-state index contributed by atoms with van der Waals surface area (Å²) in [5.41, 5.74) is 2.85. The van der Waals surface area contributed by atoms with Crippen LogP contribution < -0.4 is 10.0 Å². The fourth-order valence-electron chi connectivity index (χ4n) is 2.30. The molecule has 0 aliphatic rings. The van der Waals surface area contributed by atoms with Gasteiger partial charge in [0, 0.05) is 11.3 Å². The van der Waals surface area contributed by atoms with E-state index < -0.39 is 10.0 Å². The Morgan fingerprint density at radius 2 is 1.79 bits per heavy atom. The van der Waals surface area contributed by atoms with Gasteiger partial charge in [-0.05, 0) is 55.3 Å². The van der Waals surface area contributed by atoms with Gasteiger partial charge in [0.1, 0.15) is 0 Å². The van der Waals surface area contributed by atoms with Crippen LogP contribution in [-0.4, -0.2) is 21.4 Å². The molecule has 0 radical (unpaired) electrons. The summed E-state index contributed by atoms with van der Waals surface area (Å²) in [5, 5.41) is 2.84. The molecule has 2 N–H and O–H groups in total. The number of hydrogen-bond donors (Lipinski definition) is 2. The smallest absolute Gasteiger partial charge is 0.255 e. The van der Waals surface area contributed by atoms with Crippen LogP contribution in [0.4, 0.5) is 5.69 Å². The Kier molecular flexibility index (Phi) is 5.41. The lowest BCUT2D eigenvalue weighted by molar-refractivity contribution is 0.102. The van der Waals surface area contributed by atoms with Gasteiger partial charge in [-0.2, -0.15) is 0 Å². The summed E-state index contributed by atoms with van der Waals surface area (Å²) in [7, 11) is -2.25. The van der Waals surface area contributed by atoms with Gasteiger partial charge in [-0.3, -0.25) is 4.79 Å². The molecule has 128 valence electrons. The van der Waals surface area contributed by atoms with E-state index in [1.54, 1.807) is 13.0 Å². The molecule has 0 heterocycles. The minimum atomic E-state index is -3.59. The third-order valence-corrected chi connectivity index (χ3v) is 5.26. The summed E-state index contributed by atoms with van der Waals surface area (Å²) in [6.07, 6.45) is 0. The first-order chi connectivity index (χ1) is 11.2. The third-order valence-electron chi connectivity index (χ3n) is 3.84. The molecular formula is C18H22N2O3S. The maximum Gasteiger partial charge on any atom is 0.255 e. The first kappa shape index (κ1) is 18.2. The molecular weight excluding hydrogens is 324 g/mol. The molecule has 5 nitrogen and oxygen atoms in total. The van der Waals surface area contributed by atoms with Crippen molar-refractivity contribution in [3.05, 3.63) is 59.2 Å². The van der Waals surface area contributed by atoms with Crippen molar-refractivity contribution in [3.63, 3.8) is 0 Å². The molecule has 0 bridgehead atoms. The minimum Gasteiger partial charge on any atom is -0.322 e. The van der Waals surface area contributed by atoms with Gasteiger partial charge < -0.3 is 5.32 Å². The number of rotatable bonds is 5. The van der Waals surface area contributed by atoms with E-state index in [9.17, 15) is 13.2 Å². The standard InChI is InChI=1S/C18H22N2O3S/c1-12(2)14-6-5-7-15(10-14)20-18(21)17-11-16(9-8-13(17)3)24(22,23)19-4/h5-12,19H,1-4H3,(H,20,21). The zero-order valence-corrected chi connectivity index (χ0v) is 15.1. The number of carbonyl (C=O) groups excluding carboxylic acids is 1. The van der Waals surface area contributed by atoms with Gasteiger partial charge in [0.05, 0.1) is 4.90 Å². The topological polar surface area (TPSA) is 75.3 Å². The van der Waals surface area contributed by atoms with Gasteiger partial charge in [-0.15, -0.1) is 0 Å². The number of sulfonamides is 1. The van der Waals surface area contributed by atoms with E-state index in [0.29, 0.717) is 22.7 Å². The summed E-state index contributed by atoms with van der Waals surface area (Å²) in [4.78, 5) is 12.6. The van der Waals surface area contributed by atoms with Crippen molar-refractivity contribution in [1.82, 2.24) is 4.72 Å². The second-order valence-corrected chi connectivity index (χ2v) is 7.81. The van der Waals surface area contributed by atoms with Gasteiger partial charge >= 0.3 is 0 Å². The molecule has 2 aromatic carbocycles. The van der Waals surface area contributed by atoms with Crippen LogP contribution >= 0.6 is 0 Å². The van der Waals surface area contributed by atoms with E-state index >= 15 is 0 Å². The van der Waals surface area contributed by atoms with Crippen LogP contribution in [0.25, 0.3) is 0 Å². The Bertz CT molecular complexity index is 858. The van der Waals surface area contributed by atoms with E-state index in [0.717, 1.165) is 5.56 Å². The maximum absolute atomic E-state index is 12.6. The van der Waals surface area contributed by atoms with Crippen molar-refractivity contribution >= 4 is 21.6 Å². The summed E-state index contributed by atoms with van der Waals surface area (Å²) in [5.74, 6) is 0.0225. The number of carbonyl (C=O) groups is 1. The molecule has 24 heavy (non-hydrogen) atoms. The summed E-state index contributed by atoms with van der Waals surface area (Å²) < 4.78 is 26.1. The highest BCUT2D eigenvalue weighted by Crippen LogP contribution is 2.21. The van der Waals surface area contributed by atoms with Gasteiger partial charge in [0.2, 0.25) is 10.0 Å². The van der Waals surface area contributed by atoms with Crippen molar-refractivity contribution < 1.29 is 13.2 Å². The third kappa shape index (κ3) is 4.01. The Balaban J connectivity index is 2.33. The molecule has 0 saturated carbocycles. The monoisotopic (exact) mass is 346 g/mol. The van der Waals surface area contributed by atoms with E-state index in [4.69, 9.17) is 0 Å². The van der Waals surface area contributed by atoms with Gasteiger partial charge in [0.25, 0.3) is 5.91 Å². The predicted octanol–water partition coefficient (Wildman–Crippen LogP) is 3.28. The van der Waals surface area contributed by atoms with Gasteiger partial charge in [0.15, 0.2) is 0 Å². The molecule has 0 atom stereocenters. The summed E-state index contributed by atoms with van der Waals surface area (Å²) in [6.45, 7) is 5.93. The average molecular weight is 346 g/mol.